The molecule has 0 aromatic carbocycles. The van der Waals surface area contributed by atoms with Gasteiger partial charge in [0.15, 0.2) is 0 Å². The van der Waals surface area contributed by atoms with Gasteiger partial charge in [-0.05, 0) is 33.0 Å². The molecular weight excluding hydrogens is 250 g/mol. The second-order valence-electron chi connectivity index (χ2n) is 6.34. The van der Waals surface area contributed by atoms with Crippen molar-refractivity contribution in [2.24, 2.45) is 0 Å². The largest absolute Gasteiger partial charge is 0.468 e. The van der Waals surface area contributed by atoms with Crippen LogP contribution in [0.15, 0.2) is 16.7 Å². The summed E-state index contributed by atoms with van der Waals surface area (Å²) in [6.45, 7) is 12.0. The van der Waals surface area contributed by atoms with Gasteiger partial charge in [0, 0.05) is 37.3 Å². The van der Waals surface area contributed by atoms with E-state index in [1.807, 2.05) is 6.26 Å². The standard InChI is InChI=1S/C16H29N3O/c1-13(2)17-10-15-6-9-20-16(15)12-19-8-5-7-18(4)11-14(19)3/h6,9,13-14,17H,5,7-8,10-12H2,1-4H3. The van der Waals surface area contributed by atoms with Crippen molar-refractivity contribution in [3.63, 3.8) is 0 Å². The van der Waals surface area contributed by atoms with Crippen molar-refractivity contribution in [1.29, 1.82) is 0 Å². The Morgan fingerprint density at radius 3 is 2.95 bits per heavy atom. The van der Waals surface area contributed by atoms with Gasteiger partial charge >= 0.3 is 0 Å². The molecule has 4 heteroatoms. The number of furan rings is 1. The van der Waals surface area contributed by atoms with E-state index in [-0.39, 0.29) is 0 Å². The summed E-state index contributed by atoms with van der Waals surface area (Å²) in [5, 5.41) is 3.47. The second kappa shape index (κ2) is 7.25. The van der Waals surface area contributed by atoms with Gasteiger partial charge in [-0.2, -0.15) is 0 Å². The Bertz CT molecular complexity index is 402. The molecule has 1 fully saturated rings. The maximum absolute atomic E-state index is 5.72. The van der Waals surface area contributed by atoms with Crippen LogP contribution in [0, 0.1) is 0 Å². The van der Waals surface area contributed by atoms with E-state index in [0.29, 0.717) is 12.1 Å². The predicted molar refractivity (Wildman–Crippen MR) is 82.7 cm³/mol. The van der Waals surface area contributed by atoms with Gasteiger partial charge in [0.1, 0.15) is 5.76 Å². The Morgan fingerprint density at radius 1 is 1.40 bits per heavy atom. The molecule has 0 radical (unpaired) electrons. The number of likely N-dealkylation sites (N-methyl/N-ethyl adjacent to an activating group) is 1. The molecule has 1 saturated heterocycles. The Morgan fingerprint density at radius 2 is 2.20 bits per heavy atom. The van der Waals surface area contributed by atoms with Crippen molar-refractivity contribution in [2.45, 2.75) is 52.4 Å². The van der Waals surface area contributed by atoms with Gasteiger partial charge in [-0.1, -0.05) is 13.8 Å². The number of nitrogens with one attached hydrogen (secondary N) is 1. The zero-order valence-corrected chi connectivity index (χ0v) is 13.4. The van der Waals surface area contributed by atoms with Crippen molar-refractivity contribution in [1.82, 2.24) is 15.1 Å². The molecule has 1 atom stereocenters. The molecule has 1 aliphatic rings. The first-order valence-electron chi connectivity index (χ1n) is 7.77. The Kier molecular flexibility index (Phi) is 5.64. The second-order valence-corrected chi connectivity index (χ2v) is 6.34. The molecule has 2 heterocycles. The van der Waals surface area contributed by atoms with E-state index in [9.17, 15) is 0 Å². The van der Waals surface area contributed by atoms with Gasteiger partial charge < -0.3 is 14.6 Å². The lowest BCUT2D eigenvalue weighted by molar-refractivity contribution is 0.180. The molecule has 0 spiro atoms. The van der Waals surface area contributed by atoms with Crippen LogP contribution in [0.25, 0.3) is 0 Å². The van der Waals surface area contributed by atoms with Crippen LogP contribution in [0.3, 0.4) is 0 Å². The first-order valence-corrected chi connectivity index (χ1v) is 7.77. The minimum atomic E-state index is 0.503. The zero-order chi connectivity index (χ0) is 14.5. The van der Waals surface area contributed by atoms with E-state index >= 15 is 0 Å². The predicted octanol–water partition coefficient (Wildman–Crippen LogP) is 2.30. The van der Waals surface area contributed by atoms with Crippen LogP contribution in [-0.4, -0.2) is 48.6 Å². The number of hydrogen-bond acceptors (Lipinski definition) is 4. The van der Waals surface area contributed by atoms with E-state index in [2.05, 4.69) is 49.0 Å². The average Bonchev–Trinajstić information content (AvgIpc) is 2.75. The van der Waals surface area contributed by atoms with Crippen LogP contribution in [0.2, 0.25) is 0 Å². The van der Waals surface area contributed by atoms with Gasteiger partial charge in [-0.15, -0.1) is 0 Å². The number of rotatable bonds is 5. The molecule has 20 heavy (non-hydrogen) atoms. The molecule has 0 bridgehead atoms. The normalized spacial score (nSPS) is 22.4. The Labute approximate surface area is 123 Å². The van der Waals surface area contributed by atoms with Gasteiger partial charge in [-0.25, -0.2) is 0 Å². The lowest BCUT2D eigenvalue weighted by Crippen LogP contribution is -2.37. The molecule has 2 rings (SSSR count). The van der Waals surface area contributed by atoms with Gasteiger partial charge in [-0.3, -0.25) is 4.90 Å². The van der Waals surface area contributed by atoms with Crippen molar-refractivity contribution in [2.75, 3.05) is 26.7 Å². The first kappa shape index (κ1) is 15.5. The molecule has 0 amide bonds. The third-order valence-electron chi connectivity index (χ3n) is 4.07. The van der Waals surface area contributed by atoms with E-state index in [1.165, 1.54) is 18.5 Å². The summed E-state index contributed by atoms with van der Waals surface area (Å²) in [5.41, 5.74) is 1.29. The summed E-state index contributed by atoms with van der Waals surface area (Å²) in [6.07, 6.45) is 3.06. The van der Waals surface area contributed by atoms with E-state index in [1.54, 1.807) is 0 Å². The van der Waals surface area contributed by atoms with Gasteiger partial charge in [0.25, 0.3) is 0 Å². The highest BCUT2D eigenvalue weighted by Crippen LogP contribution is 2.17. The minimum Gasteiger partial charge on any atom is -0.468 e. The maximum atomic E-state index is 5.72. The van der Waals surface area contributed by atoms with Crippen LogP contribution < -0.4 is 5.32 Å². The van der Waals surface area contributed by atoms with Gasteiger partial charge in [0.2, 0.25) is 0 Å². The fourth-order valence-electron chi connectivity index (χ4n) is 2.82. The van der Waals surface area contributed by atoms with Gasteiger partial charge in [0.05, 0.1) is 12.8 Å². The zero-order valence-electron chi connectivity index (χ0n) is 13.4. The first-order chi connectivity index (χ1) is 9.56. The third-order valence-corrected chi connectivity index (χ3v) is 4.07. The average molecular weight is 279 g/mol. The molecule has 1 aliphatic heterocycles. The topological polar surface area (TPSA) is 31.7 Å². The van der Waals surface area contributed by atoms with E-state index in [4.69, 9.17) is 4.42 Å². The summed E-state index contributed by atoms with van der Waals surface area (Å²) in [7, 11) is 2.21. The molecular formula is C16H29N3O. The van der Waals surface area contributed by atoms with Crippen LogP contribution in [0.1, 0.15) is 38.5 Å². The third kappa shape index (κ3) is 4.33. The smallest absolute Gasteiger partial charge is 0.122 e. The molecule has 1 unspecified atom stereocenters. The highest BCUT2D eigenvalue weighted by atomic mass is 16.3. The van der Waals surface area contributed by atoms with Crippen molar-refractivity contribution in [3.05, 3.63) is 23.7 Å². The lowest BCUT2D eigenvalue weighted by atomic mass is 10.2. The Balaban J connectivity index is 1.96. The molecule has 114 valence electrons. The molecule has 4 nitrogen and oxygen atoms in total. The van der Waals surface area contributed by atoms with Crippen LogP contribution in [0.5, 0.6) is 0 Å². The number of nitrogens with zero attached hydrogens (tertiary/aromatic N) is 2. The maximum Gasteiger partial charge on any atom is 0.122 e. The molecule has 1 aromatic heterocycles. The van der Waals surface area contributed by atoms with Crippen LogP contribution in [-0.2, 0) is 13.1 Å². The lowest BCUT2D eigenvalue weighted by Gasteiger charge is -2.27. The summed E-state index contributed by atoms with van der Waals surface area (Å²) in [4.78, 5) is 4.97. The minimum absolute atomic E-state index is 0.503. The van der Waals surface area contributed by atoms with Crippen LogP contribution in [0.4, 0.5) is 0 Å². The SMILES string of the molecule is CC(C)NCc1ccoc1CN1CCCN(C)CC1C. The monoisotopic (exact) mass is 279 g/mol. The number of hydrogen-bond donors (Lipinski definition) is 1. The quantitative estimate of drug-likeness (QED) is 0.896. The Hall–Kier alpha value is -0.840. The highest BCUT2D eigenvalue weighted by molar-refractivity contribution is 5.17. The summed E-state index contributed by atoms with van der Waals surface area (Å²) >= 11 is 0. The molecule has 0 aliphatic carbocycles. The fourth-order valence-corrected chi connectivity index (χ4v) is 2.82. The summed E-state index contributed by atoms with van der Waals surface area (Å²) in [5.74, 6) is 1.12. The van der Waals surface area contributed by atoms with E-state index < -0.39 is 0 Å². The molecule has 1 aromatic rings. The summed E-state index contributed by atoms with van der Waals surface area (Å²) in [6, 6.07) is 3.18. The molecule has 1 N–H and O–H groups in total. The van der Waals surface area contributed by atoms with E-state index in [0.717, 1.165) is 31.9 Å². The van der Waals surface area contributed by atoms with Crippen molar-refractivity contribution < 1.29 is 4.42 Å². The van der Waals surface area contributed by atoms with Crippen molar-refractivity contribution >= 4 is 0 Å². The fraction of sp³-hybridized carbons (Fsp3) is 0.750. The molecule has 0 saturated carbocycles. The highest BCUT2D eigenvalue weighted by Gasteiger charge is 2.21. The van der Waals surface area contributed by atoms with Crippen molar-refractivity contribution in [3.8, 4) is 0 Å². The summed E-state index contributed by atoms with van der Waals surface area (Å²) < 4.78 is 5.72. The van der Waals surface area contributed by atoms with Crippen LogP contribution >= 0.6 is 0 Å².